The first-order valence-electron chi connectivity index (χ1n) is 7.38. The molecule has 0 aromatic heterocycles. The van der Waals surface area contributed by atoms with Gasteiger partial charge in [-0.25, -0.2) is 13.2 Å². The van der Waals surface area contributed by atoms with E-state index in [0.29, 0.717) is 0 Å². The average molecular weight is 564 g/mol. The molecule has 0 fully saturated rings. The highest BCUT2D eigenvalue weighted by Crippen LogP contribution is 2.60. The molecule has 2 N–H and O–H groups in total. The highest BCUT2D eigenvalue weighted by molar-refractivity contribution is 5.10. The van der Waals surface area contributed by atoms with Crippen LogP contribution in [0.25, 0.3) is 0 Å². The number of hydrogen-bond donors (Lipinski definition) is 2. The fourth-order valence-corrected chi connectivity index (χ4v) is 1.42. The van der Waals surface area contributed by atoms with Crippen LogP contribution in [0.1, 0.15) is 6.42 Å². The van der Waals surface area contributed by atoms with E-state index in [1.807, 2.05) is 0 Å². The molecule has 0 bridgehead atoms. The Morgan fingerprint density at radius 3 is 1.06 bits per heavy atom. The zero-order valence-electron chi connectivity index (χ0n) is 15.0. The fourth-order valence-electron chi connectivity index (χ4n) is 1.42. The van der Waals surface area contributed by atoms with Gasteiger partial charge in [-0.3, -0.25) is 0 Å². The smallest absolute Gasteiger partial charge is 0.396 e. The first-order valence-corrected chi connectivity index (χ1v) is 7.38. The van der Waals surface area contributed by atoms with Crippen molar-refractivity contribution in [1.82, 2.24) is 0 Å². The van der Waals surface area contributed by atoms with Crippen LogP contribution in [0.15, 0.2) is 0 Å². The van der Waals surface area contributed by atoms with Crippen molar-refractivity contribution in [3.05, 3.63) is 0 Å². The van der Waals surface area contributed by atoms with Crippen LogP contribution in [-0.2, 0) is 0 Å². The molecular formula is C12H8F20O2. The van der Waals surface area contributed by atoms with E-state index >= 15 is 0 Å². The lowest BCUT2D eigenvalue weighted by molar-refractivity contribution is -0.440. The lowest BCUT2D eigenvalue weighted by Crippen LogP contribution is -2.70. The number of alkyl halides is 20. The highest BCUT2D eigenvalue weighted by Gasteiger charge is 2.90. The van der Waals surface area contributed by atoms with Crippen LogP contribution in [0.2, 0.25) is 0 Å². The Morgan fingerprint density at radius 1 is 0.529 bits per heavy atom. The zero-order valence-corrected chi connectivity index (χ0v) is 15.0. The van der Waals surface area contributed by atoms with Crippen LogP contribution in [0.3, 0.4) is 0 Å². The van der Waals surface area contributed by atoms with E-state index in [0.717, 1.165) is 0 Å². The van der Waals surface area contributed by atoms with E-state index in [2.05, 4.69) is 0 Å². The lowest BCUT2D eigenvalue weighted by Gasteiger charge is -2.39. The monoisotopic (exact) mass is 564 g/mol. The third kappa shape index (κ3) is 6.01. The molecule has 0 rings (SSSR count). The van der Waals surface area contributed by atoms with Crippen LogP contribution in [0.5, 0.6) is 0 Å². The normalized spacial score (nSPS) is 16.3. The Kier molecular flexibility index (Phi) is 10.1. The van der Waals surface area contributed by atoms with Gasteiger partial charge in [-0.2, -0.15) is 74.6 Å². The molecule has 1 atom stereocenters. The minimum absolute atomic E-state index is 1.96. The van der Waals surface area contributed by atoms with Gasteiger partial charge in [-0.15, -0.1) is 0 Å². The van der Waals surface area contributed by atoms with Crippen LogP contribution in [0, 0.1) is 0 Å². The molecule has 22 heteroatoms. The molecule has 0 aliphatic carbocycles. The maximum absolute atomic E-state index is 12.8. The molecule has 0 aromatic carbocycles. The van der Waals surface area contributed by atoms with Crippen molar-refractivity contribution >= 4 is 0 Å². The van der Waals surface area contributed by atoms with Crippen LogP contribution >= 0.6 is 0 Å². The highest BCUT2D eigenvalue weighted by atomic mass is 19.4. The molecule has 0 amide bonds. The second-order valence-electron chi connectivity index (χ2n) is 5.87. The van der Waals surface area contributed by atoms with E-state index in [9.17, 15) is 87.8 Å². The summed E-state index contributed by atoms with van der Waals surface area (Å²) in [7, 11) is 0. The summed E-state index contributed by atoms with van der Waals surface area (Å²) < 4.78 is 241. The molecule has 34 heavy (non-hydrogen) atoms. The average Bonchev–Trinajstić information content (AvgIpc) is 2.58. The van der Waals surface area contributed by atoms with Gasteiger partial charge in [0, 0.05) is 13.0 Å². The summed E-state index contributed by atoms with van der Waals surface area (Å²) in [6.45, 7) is -1.96. The molecule has 1 unspecified atom stereocenters. The van der Waals surface area contributed by atoms with E-state index < -0.39 is 73.4 Å². The summed E-state index contributed by atoms with van der Waals surface area (Å²) >= 11 is 0. The van der Waals surface area contributed by atoms with Crippen molar-refractivity contribution in [1.29, 1.82) is 0 Å². The van der Waals surface area contributed by atoms with Gasteiger partial charge in [0.05, 0.1) is 0 Å². The molecule has 0 aromatic rings. The maximum atomic E-state index is 12.8. The van der Waals surface area contributed by atoms with Gasteiger partial charge in [0.1, 0.15) is 0 Å². The molecule has 0 aliphatic heterocycles. The molecule has 0 spiro atoms. The second kappa shape index (κ2) is 9.88. The number of hydrogen-bond acceptors (Lipinski definition) is 2. The second-order valence-corrected chi connectivity index (χ2v) is 5.87. The maximum Gasteiger partial charge on any atom is 0.460 e. The molecule has 208 valence electrons. The van der Waals surface area contributed by atoms with Crippen LogP contribution in [-0.4, -0.2) is 77.2 Å². The van der Waals surface area contributed by atoms with Crippen molar-refractivity contribution in [2.24, 2.45) is 0 Å². The van der Waals surface area contributed by atoms with Gasteiger partial charge in [0.25, 0.3) is 6.43 Å². The van der Waals surface area contributed by atoms with Gasteiger partial charge in [0.2, 0.25) is 6.17 Å². The van der Waals surface area contributed by atoms with E-state index in [-0.39, 0.29) is 0 Å². The first kappa shape index (κ1) is 34.7. The Balaban J connectivity index is 0. The van der Waals surface area contributed by atoms with Crippen molar-refractivity contribution in [2.75, 3.05) is 6.61 Å². The van der Waals surface area contributed by atoms with Gasteiger partial charge >= 0.3 is 47.8 Å². The molecule has 2 nitrogen and oxygen atoms in total. The van der Waals surface area contributed by atoms with E-state index in [1.54, 1.807) is 0 Å². The predicted molar refractivity (Wildman–Crippen MR) is 65.5 cm³/mol. The number of aliphatic hydroxyl groups excluding tert-OH is 1. The van der Waals surface area contributed by atoms with Gasteiger partial charge in [0.15, 0.2) is 0 Å². The summed E-state index contributed by atoms with van der Waals surface area (Å²) in [5.41, 5.74) is 0. The molecule has 0 heterocycles. The summed E-state index contributed by atoms with van der Waals surface area (Å²) in [5.74, 6) is -42.7. The molecule has 0 saturated heterocycles. The van der Waals surface area contributed by atoms with Crippen LogP contribution < -0.4 is 0 Å². The number of aliphatic hydroxyl groups is 2. The molecule has 0 aliphatic rings. The minimum atomic E-state index is -7.89. The standard InChI is InChI=1S/C8H5F13O.C4H3F7O/c9-3(10,1-2-22)4(11,12)5(13,14)6(15,16)7(17,18)8(19,20)21;5-1(2(6)7)3(8,9)4(10,11)12/h22H,1-2H2;1-2,12H. The molecule has 0 saturated carbocycles. The van der Waals surface area contributed by atoms with Gasteiger partial charge in [-0.05, 0) is 0 Å². The van der Waals surface area contributed by atoms with Crippen molar-refractivity contribution in [3.63, 3.8) is 0 Å². The largest absolute Gasteiger partial charge is 0.460 e. The van der Waals surface area contributed by atoms with Gasteiger partial charge < -0.3 is 10.2 Å². The summed E-state index contributed by atoms with van der Waals surface area (Å²) in [5, 5.41) is 15.3. The molecular weight excluding hydrogens is 556 g/mol. The van der Waals surface area contributed by atoms with Crippen molar-refractivity contribution in [2.45, 2.75) is 66.8 Å². The lowest BCUT2D eigenvalue weighted by atomic mass is 9.93. The fraction of sp³-hybridized carbons (Fsp3) is 1.00. The third-order valence-electron chi connectivity index (χ3n) is 3.39. The zero-order chi connectivity index (χ0) is 28.6. The third-order valence-corrected chi connectivity index (χ3v) is 3.39. The van der Waals surface area contributed by atoms with E-state index in [1.165, 1.54) is 0 Å². The van der Waals surface area contributed by atoms with Crippen molar-refractivity contribution < 1.29 is 98.0 Å². The van der Waals surface area contributed by atoms with Gasteiger partial charge in [-0.1, -0.05) is 0 Å². The van der Waals surface area contributed by atoms with Crippen LogP contribution in [0.4, 0.5) is 87.8 Å². The number of halogens is 20. The Hall–Kier alpha value is -1.48. The number of rotatable bonds is 9. The minimum Gasteiger partial charge on any atom is -0.396 e. The van der Waals surface area contributed by atoms with Crippen molar-refractivity contribution in [3.8, 4) is 0 Å². The quantitative estimate of drug-likeness (QED) is 0.342. The Labute approximate surface area is 173 Å². The SMILES string of the molecule is OC(F)(F)C(F)(F)C(F)C(F)F.OCCC(F)(F)C(F)(F)C(F)(F)C(F)(F)C(F)(F)C(F)(F)F. The summed E-state index contributed by atoms with van der Waals surface area (Å²) in [6, 6.07) is 0. The Morgan fingerprint density at radius 2 is 0.853 bits per heavy atom. The molecule has 0 radical (unpaired) electrons. The Bertz CT molecular complexity index is 647. The topological polar surface area (TPSA) is 40.5 Å². The summed E-state index contributed by atoms with van der Waals surface area (Å²) in [6.07, 6.45) is -24.5. The summed E-state index contributed by atoms with van der Waals surface area (Å²) in [4.78, 5) is 0. The first-order chi connectivity index (χ1) is 14.4. The van der Waals surface area contributed by atoms with E-state index in [4.69, 9.17) is 10.2 Å². The predicted octanol–water partition coefficient (Wildman–Crippen LogP) is 5.92.